The Hall–Kier alpha value is -4.01. The third-order valence-corrected chi connectivity index (χ3v) is 8.02. The summed E-state index contributed by atoms with van der Waals surface area (Å²) in [4.78, 5) is 34.0. The number of rotatable bonds is 6. The smallest absolute Gasteiger partial charge is 0.273 e. The molecule has 2 fully saturated rings. The number of amides is 2. The summed E-state index contributed by atoms with van der Waals surface area (Å²) in [6.07, 6.45) is 9.86. The summed E-state index contributed by atoms with van der Waals surface area (Å²) in [6.45, 7) is 14.7. The van der Waals surface area contributed by atoms with Crippen molar-refractivity contribution in [2.45, 2.75) is 64.6 Å². The monoisotopic (exact) mass is 527 g/mol. The van der Waals surface area contributed by atoms with Gasteiger partial charge in [-0.25, -0.2) is 4.68 Å². The average molecular weight is 528 g/mol. The second-order valence-corrected chi connectivity index (χ2v) is 11.6. The Bertz CT molecular complexity index is 1410. The highest BCUT2D eigenvalue weighted by Gasteiger charge is 2.47. The molecule has 2 aliphatic rings. The Balaban J connectivity index is 1.31. The van der Waals surface area contributed by atoms with Gasteiger partial charge in [0.05, 0.1) is 29.2 Å². The van der Waals surface area contributed by atoms with Crippen LogP contribution in [0.4, 0.5) is 5.69 Å². The highest BCUT2D eigenvalue weighted by molar-refractivity contribution is 5.92. The van der Waals surface area contributed by atoms with Crippen LogP contribution >= 0.6 is 0 Å². The lowest BCUT2D eigenvalue weighted by Gasteiger charge is -2.35. The molecule has 2 saturated heterocycles. The standard InChI is InChI=1S/C30H37N7O2/c1-6-27(38)36-14-7-11-30(36)12-15-35(20-30)26-18-31-13-10-24(26)22-8-9-23(21(2)16-22)17-32-28(39)25-19-37(34-33-25)29(3,4)5/h6,8-10,13,16,18-19H,1,7,11-12,14-15,17,20H2,2-5H3,(H,32,39). The molecule has 9 heteroatoms. The maximum Gasteiger partial charge on any atom is 0.273 e. The number of aryl methyl sites for hydroxylation is 1. The van der Waals surface area contributed by atoms with E-state index in [9.17, 15) is 9.59 Å². The molecule has 0 aliphatic carbocycles. The van der Waals surface area contributed by atoms with E-state index in [1.54, 1.807) is 10.9 Å². The highest BCUT2D eigenvalue weighted by Crippen LogP contribution is 2.41. The van der Waals surface area contributed by atoms with Gasteiger partial charge in [-0.2, -0.15) is 0 Å². The van der Waals surface area contributed by atoms with Gasteiger partial charge in [0.25, 0.3) is 5.91 Å². The molecule has 4 heterocycles. The number of carbonyl (C=O) groups excluding carboxylic acids is 2. The highest BCUT2D eigenvalue weighted by atomic mass is 16.2. The summed E-state index contributed by atoms with van der Waals surface area (Å²) in [5, 5.41) is 11.1. The van der Waals surface area contributed by atoms with Crippen LogP contribution in [0.2, 0.25) is 0 Å². The van der Waals surface area contributed by atoms with Crippen LogP contribution < -0.4 is 10.2 Å². The summed E-state index contributed by atoms with van der Waals surface area (Å²) in [5.41, 5.74) is 5.35. The zero-order valence-corrected chi connectivity index (χ0v) is 23.3. The third kappa shape index (κ3) is 5.17. The number of pyridine rings is 1. The number of likely N-dealkylation sites (tertiary alicyclic amines) is 1. The van der Waals surface area contributed by atoms with E-state index < -0.39 is 0 Å². The Labute approximate surface area is 229 Å². The van der Waals surface area contributed by atoms with E-state index in [0.29, 0.717) is 12.2 Å². The number of hydrogen-bond acceptors (Lipinski definition) is 6. The van der Waals surface area contributed by atoms with Crippen molar-refractivity contribution >= 4 is 17.5 Å². The van der Waals surface area contributed by atoms with Crippen molar-refractivity contribution in [3.63, 3.8) is 0 Å². The van der Waals surface area contributed by atoms with E-state index in [-0.39, 0.29) is 22.9 Å². The number of anilines is 1. The molecule has 0 bridgehead atoms. The number of hydrogen-bond donors (Lipinski definition) is 1. The molecule has 9 nitrogen and oxygen atoms in total. The normalized spacial score (nSPS) is 19.1. The Morgan fingerprint density at radius 3 is 2.72 bits per heavy atom. The maximum atomic E-state index is 12.7. The molecule has 5 rings (SSSR count). The number of aromatic nitrogens is 4. The SMILES string of the molecule is C=CC(=O)N1CCCC12CCN(c1cnccc1-c1ccc(CNC(=O)c3cn(C(C)(C)C)nn3)c(C)c1)C2. The quantitative estimate of drug-likeness (QED) is 0.485. The van der Waals surface area contributed by atoms with E-state index in [0.717, 1.165) is 66.8 Å². The Kier molecular flexibility index (Phi) is 7.01. The van der Waals surface area contributed by atoms with E-state index in [1.165, 1.54) is 6.08 Å². The summed E-state index contributed by atoms with van der Waals surface area (Å²) >= 11 is 0. The molecule has 3 aromatic rings. The first-order chi connectivity index (χ1) is 18.6. The van der Waals surface area contributed by atoms with Gasteiger partial charge in [-0.15, -0.1) is 5.10 Å². The summed E-state index contributed by atoms with van der Waals surface area (Å²) in [5.74, 6) is -0.220. The molecule has 1 unspecified atom stereocenters. The lowest BCUT2D eigenvalue weighted by atomic mass is 9.95. The number of benzene rings is 1. The van der Waals surface area contributed by atoms with Gasteiger partial charge >= 0.3 is 0 Å². The second kappa shape index (κ2) is 10.3. The average Bonchev–Trinajstić information content (AvgIpc) is 3.68. The van der Waals surface area contributed by atoms with Gasteiger partial charge < -0.3 is 15.1 Å². The van der Waals surface area contributed by atoms with Crippen molar-refractivity contribution in [3.05, 3.63) is 72.3 Å². The van der Waals surface area contributed by atoms with Crippen molar-refractivity contribution in [3.8, 4) is 11.1 Å². The molecule has 2 amide bonds. The van der Waals surface area contributed by atoms with E-state index in [4.69, 9.17) is 0 Å². The molecular weight excluding hydrogens is 490 g/mol. The predicted octanol–water partition coefficient (Wildman–Crippen LogP) is 4.09. The van der Waals surface area contributed by atoms with Crippen LogP contribution in [0.5, 0.6) is 0 Å². The van der Waals surface area contributed by atoms with Gasteiger partial charge in [0.15, 0.2) is 5.69 Å². The van der Waals surface area contributed by atoms with E-state index in [2.05, 4.69) is 63.3 Å². The maximum absolute atomic E-state index is 12.7. The molecule has 204 valence electrons. The predicted molar refractivity (Wildman–Crippen MR) is 151 cm³/mol. The minimum Gasteiger partial charge on any atom is -0.367 e. The molecular formula is C30H37N7O2. The van der Waals surface area contributed by atoms with Gasteiger partial charge in [-0.1, -0.05) is 30.0 Å². The molecule has 39 heavy (non-hydrogen) atoms. The van der Waals surface area contributed by atoms with Gasteiger partial charge in [-0.3, -0.25) is 14.6 Å². The fraction of sp³-hybridized carbons (Fsp3) is 0.433. The van der Waals surface area contributed by atoms with Crippen molar-refractivity contribution in [2.24, 2.45) is 0 Å². The van der Waals surface area contributed by atoms with Crippen molar-refractivity contribution in [2.75, 3.05) is 24.5 Å². The van der Waals surface area contributed by atoms with Crippen LogP contribution in [0.1, 0.15) is 61.6 Å². The summed E-state index contributed by atoms with van der Waals surface area (Å²) in [6, 6.07) is 8.37. The molecule has 1 atom stereocenters. The third-order valence-electron chi connectivity index (χ3n) is 8.02. The van der Waals surface area contributed by atoms with Crippen molar-refractivity contribution in [1.82, 2.24) is 30.2 Å². The van der Waals surface area contributed by atoms with Crippen molar-refractivity contribution < 1.29 is 9.59 Å². The molecule has 1 N–H and O–H groups in total. The molecule has 1 spiro atoms. The molecule has 0 radical (unpaired) electrons. The Morgan fingerprint density at radius 2 is 2.00 bits per heavy atom. The fourth-order valence-corrected chi connectivity index (χ4v) is 5.78. The van der Waals surface area contributed by atoms with Gasteiger partial charge in [0, 0.05) is 37.9 Å². The largest absolute Gasteiger partial charge is 0.367 e. The number of nitrogens with one attached hydrogen (secondary N) is 1. The van der Waals surface area contributed by atoms with Crippen molar-refractivity contribution in [1.29, 1.82) is 0 Å². The minimum atomic E-state index is -0.246. The first-order valence-corrected chi connectivity index (χ1v) is 13.6. The molecule has 0 saturated carbocycles. The number of carbonyl (C=O) groups is 2. The first-order valence-electron chi connectivity index (χ1n) is 13.6. The zero-order chi connectivity index (χ0) is 27.8. The number of nitrogens with zero attached hydrogens (tertiary/aromatic N) is 6. The van der Waals surface area contributed by atoms with Gasteiger partial charge in [0.2, 0.25) is 5.91 Å². The summed E-state index contributed by atoms with van der Waals surface area (Å²) < 4.78 is 1.69. The molecule has 2 aromatic heterocycles. The van der Waals surface area contributed by atoms with Crippen LogP contribution in [-0.4, -0.2) is 61.9 Å². The van der Waals surface area contributed by atoms with Gasteiger partial charge in [-0.05, 0) is 75.8 Å². The van der Waals surface area contributed by atoms with Crippen LogP contribution in [0, 0.1) is 6.92 Å². The van der Waals surface area contributed by atoms with Gasteiger partial charge in [0.1, 0.15) is 0 Å². The minimum absolute atomic E-state index is 0.0258. The second-order valence-electron chi connectivity index (χ2n) is 11.6. The first kappa shape index (κ1) is 26.6. The van der Waals surface area contributed by atoms with Crippen LogP contribution in [0.25, 0.3) is 11.1 Å². The fourth-order valence-electron chi connectivity index (χ4n) is 5.78. The lowest BCUT2D eigenvalue weighted by Crippen LogP contribution is -2.48. The van der Waals surface area contributed by atoms with E-state index >= 15 is 0 Å². The van der Waals surface area contributed by atoms with E-state index in [1.807, 2.05) is 38.1 Å². The lowest BCUT2D eigenvalue weighted by molar-refractivity contribution is -0.129. The molecule has 1 aromatic carbocycles. The van der Waals surface area contributed by atoms with Crippen LogP contribution in [0.3, 0.4) is 0 Å². The topological polar surface area (TPSA) is 96.2 Å². The zero-order valence-electron chi connectivity index (χ0n) is 23.3. The Morgan fingerprint density at radius 1 is 1.18 bits per heavy atom. The summed E-state index contributed by atoms with van der Waals surface area (Å²) in [7, 11) is 0. The van der Waals surface area contributed by atoms with Crippen LogP contribution in [-0.2, 0) is 16.9 Å². The van der Waals surface area contributed by atoms with Crippen LogP contribution in [0.15, 0.2) is 55.5 Å². The molecule has 2 aliphatic heterocycles.